The maximum atomic E-state index is 12.7. The van der Waals surface area contributed by atoms with E-state index in [0.29, 0.717) is 24.8 Å². The fourth-order valence-electron chi connectivity index (χ4n) is 2.82. The number of hydrogen-bond donors (Lipinski definition) is 1. The highest BCUT2D eigenvalue weighted by Gasteiger charge is 2.24. The number of ether oxygens (including phenoxy) is 1. The van der Waals surface area contributed by atoms with Gasteiger partial charge in [-0.15, -0.1) is 0 Å². The molecule has 3 rings (SSSR count). The predicted octanol–water partition coefficient (Wildman–Crippen LogP) is 2.69. The average molecular weight is 299 g/mol. The summed E-state index contributed by atoms with van der Waals surface area (Å²) in [5.41, 5.74) is 3.01. The second-order valence-electron chi connectivity index (χ2n) is 5.34. The maximum Gasteiger partial charge on any atom is 0.294 e. The minimum atomic E-state index is -0.0681. The molecule has 0 saturated carbocycles. The van der Waals surface area contributed by atoms with Gasteiger partial charge in [-0.2, -0.15) is 4.98 Å². The first-order valence-corrected chi connectivity index (χ1v) is 7.86. The standard InChI is InChI=1S/C17H21N3O2/c1-3-10-18-15-17(21)20-11-9-12-7-5-6-8-13(12)14(20)16(19-15)22-4-2/h5-8H,3-4,9-11H2,1-2H3,(H,18,19). The SMILES string of the molecule is CCCNc1nc(OCC)c2n(c1=O)CCc1ccccc1-2. The number of aromatic nitrogens is 2. The van der Waals surface area contributed by atoms with Crippen LogP contribution in [0.3, 0.4) is 0 Å². The van der Waals surface area contributed by atoms with Crippen molar-refractivity contribution in [2.75, 3.05) is 18.5 Å². The molecule has 1 aliphatic heterocycles. The highest BCUT2D eigenvalue weighted by Crippen LogP contribution is 2.34. The van der Waals surface area contributed by atoms with Crippen molar-refractivity contribution in [3.05, 3.63) is 40.2 Å². The van der Waals surface area contributed by atoms with E-state index in [1.807, 2.05) is 25.1 Å². The lowest BCUT2D eigenvalue weighted by molar-refractivity contribution is 0.324. The van der Waals surface area contributed by atoms with Gasteiger partial charge in [0.05, 0.1) is 6.61 Å². The number of nitrogens with zero attached hydrogens (tertiary/aromatic N) is 2. The highest BCUT2D eigenvalue weighted by molar-refractivity contribution is 5.71. The number of fused-ring (bicyclic) bond motifs is 3. The molecule has 0 fully saturated rings. The Hall–Kier alpha value is -2.30. The van der Waals surface area contributed by atoms with Crippen LogP contribution in [0.5, 0.6) is 5.88 Å². The Kier molecular flexibility index (Phi) is 4.13. The highest BCUT2D eigenvalue weighted by atomic mass is 16.5. The molecule has 22 heavy (non-hydrogen) atoms. The van der Waals surface area contributed by atoms with Crippen molar-refractivity contribution in [3.8, 4) is 17.1 Å². The van der Waals surface area contributed by atoms with Crippen LogP contribution in [0.4, 0.5) is 5.82 Å². The summed E-state index contributed by atoms with van der Waals surface area (Å²) in [7, 11) is 0. The molecule has 5 heteroatoms. The molecule has 0 spiro atoms. The van der Waals surface area contributed by atoms with Gasteiger partial charge in [0.1, 0.15) is 5.69 Å². The lowest BCUT2D eigenvalue weighted by atomic mass is 9.98. The van der Waals surface area contributed by atoms with Gasteiger partial charge >= 0.3 is 0 Å². The fourth-order valence-corrected chi connectivity index (χ4v) is 2.82. The molecule has 1 aromatic heterocycles. The Labute approximate surface area is 130 Å². The monoisotopic (exact) mass is 299 g/mol. The molecular formula is C17H21N3O2. The topological polar surface area (TPSA) is 56.2 Å². The van der Waals surface area contributed by atoms with Crippen molar-refractivity contribution in [3.63, 3.8) is 0 Å². The van der Waals surface area contributed by atoms with Crippen LogP contribution in [-0.4, -0.2) is 22.7 Å². The molecule has 0 unspecified atom stereocenters. The van der Waals surface area contributed by atoms with Crippen molar-refractivity contribution in [2.24, 2.45) is 0 Å². The van der Waals surface area contributed by atoms with E-state index >= 15 is 0 Å². The summed E-state index contributed by atoms with van der Waals surface area (Å²) in [4.78, 5) is 17.1. The molecule has 0 radical (unpaired) electrons. The number of rotatable bonds is 5. The van der Waals surface area contributed by atoms with E-state index in [9.17, 15) is 4.79 Å². The lowest BCUT2D eigenvalue weighted by Crippen LogP contribution is -2.30. The van der Waals surface area contributed by atoms with Crippen LogP contribution in [0.2, 0.25) is 0 Å². The molecule has 1 N–H and O–H groups in total. The molecule has 0 aliphatic carbocycles. The van der Waals surface area contributed by atoms with E-state index in [2.05, 4.69) is 23.3 Å². The van der Waals surface area contributed by atoms with Crippen LogP contribution in [0.15, 0.2) is 29.1 Å². The second kappa shape index (κ2) is 6.22. The van der Waals surface area contributed by atoms with E-state index < -0.39 is 0 Å². The molecule has 0 amide bonds. The van der Waals surface area contributed by atoms with Gasteiger partial charge in [-0.05, 0) is 25.3 Å². The predicted molar refractivity (Wildman–Crippen MR) is 87.6 cm³/mol. The molecule has 0 atom stereocenters. The average Bonchev–Trinajstić information content (AvgIpc) is 2.55. The third kappa shape index (κ3) is 2.47. The second-order valence-corrected chi connectivity index (χ2v) is 5.34. The van der Waals surface area contributed by atoms with Crippen molar-refractivity contribution in [2.45, 2.75) is 33.2 Å². The van der Waals surface area contributed by atoms with Crippen molar-refractivity contribution >= 4 is 5.82 Å². The molecule has 0 bridgehead atoms. The summed E-state index contributed by atoms with van der Waals surface area (Å²) in [6.07, 6.45) is 1.79. The summed E-state index contributed by atoms with van der Waals surface area (Å²) >= 11 is 0. The summed E-state index contributed by atoms with van der Waals surface area (Å²) in [5.74, 6) is 0.918. The molecule has 1 aromatic carbocycles. The summed E-state index contributed by atoms with van der Waals surface area (Å²) < 4.78 is 7.52. The van der Waals surface area contributed by atoms with Gasteiger partial charge in [0.15, 0.2) is 5.82 Å². The van der Waals surface area contributed by atoms with Gasteiger partial charge < -0.3 is 14.6 Å². The Morgan fingerprint density at radius 3 is 2.91 bits per heavy atom. The van der Waals surface area contributed by atoms with Crippen LogP contribution in [-0.2, 0) is 13.0 Å². The smallest absolute Gasteiger partial charge is 0.294 e. The van der Waals surface area contributed by atoms with Gasteiger partial charge in [-0.1, -0.05) is 31.2 Å². The Morgan fingerprint density at radius 2 is 2.14 bits per heavy atom. The van der Waals surface area contributed by atoms with Crippen LogP contribution in [0, 0.1) is 0 Å². The summed E-state index contributed by atoms with van der Waals surface area (Å²) in [6, 6.07) is 8.14. The number of nitrogens with one attached hydrogen (secondary N) is 1. The third-order valence-electron chi connectivity index (χ3n) is 3.83. The molecule has 2 aromatic rings. The lowest BCUT2D eigenvalue weighted by Gasteiger charge is -2.24. The number of hydrogen-bond acceptors (Lipinski definition) is 4. The third-order valence-corrected chi connectivity index (χ3v) is 3.83. The van der Waals surface area contributed by atoms with Crippen LogP contribution in [0.25, 0.3) is 11.3 Å². The van der Waals surface area contributed by atoms with Crippen molar-refractivity contribution < 1.29 is 4.74 Å². The zero-order valence-electron chi connectivity index (χ0n) is 13.1. The van der Waals surface area contributed by atoms with E-state index in [0.717, 1.165) is 30.6 Å². The normalized spacial score (nSPS) is 12.5. The largest absolute Gasteiger partial charge is 0.476 e. The van der Waals surface area contributed by atoms with Crippen LogP contribution >= 0.6 is 0 Å². The number of benzene rings is 1. The molecular weight excluding hydrogens is 278 g/mol. The van der Waals surface area contributed by atoms with Gasteiger partial charge in [-0.3, -0.25) is 4.79 Å². The zero-order chi connectivity index (χ0) is 15.5. The Morgan fingerprint density at radius 1 is 1.32 bits per heavy atom. The van der Waals surface area contributed by atoms with E-state index in [-0.39, 0.29) is 5.56 Å². The Bertz CT molecular complexity index is 737. The fraction of sp³-hybridized carbons (Fsp3) is 0.412. The van der Waals surface area contributed by atoms with Crippen molar-refractivity contribution in [1.82, 2.24) is 9.55 Å². The minimum Gasteiger partial charge on any atom is -0.476 e. The molecule has 116 valence electrons. The van der Waals surface area contributed by atoms with Gasteiger partial charge in [0, 0.05) is 18.7 Å². The number of anilines is 1. The van der Waals surface area contributed by atoms with Crippen molar-refractivity contribution in [1.29, 1.82) is 0 Å². The summed E-state index contributed by atoms with van der Waals surface area (Å²) in [6.45, 7) is 5.90. The van der Waals surface area contributed by atoms with Gasteiger partial charge in [-0.25, -0.2) is 0 Å². The molecule has 1 aliphatic rings. The number of aryl methyl sites for hydroxylation is 1. The zero-order valence-corrected chi connectivity index (χ0v) is 13.1. The maximum absolute atomic E-state index is 12.7. The van der Waals surface area contributed by atoms with Gasteiger partial charge in [0.2, 0.25) is 5.88 Å². The van der Waals surface area contributed by atoms with E-state index in [1.165, 1.54) is 5.56 Å². The van der Waals surface area contributed by atoms with Gasteiger partial charge in [0.25, 0.3) is 5.56 Å². The first kappa shape index (κ1) is 14.6. The minimum absolute atomic E-state index is 0.0681. The molecule has 0 saturated heterocycles. The first-order valence-electron chi connectivity index (χ1n) is 7.86. The van der Waals surface area contributed by atoms with E-state index in [1.54, 1.807) is 4.57 Å². The quantitative estimate of drug-likeness (QED) is 0.922. The van der Waals surface area contributed by atoms with Crippen LogP contribution in [0.1, 0.15) is 25.8 Å². The Balaban J connectivity index is 2.19. The summed E-state index contributed by atoms with van der Waals surface area (Å²) in [5, 5.41) is 3.11. The van der Waals surface area contributed by atoms with Crippen LogP contribution < -0.4 is 15.6 Å². The molecule has 2 heterocycles. The first-order chi connectivity index (χ1) is 10.8. The van der Waals surface area contributed by atoms with E-state index in [4.69, 9.17) is 4.74 Å². The molecule has 5 nitrogen and oxygen atoms in total.